The number of carbonyl (C=O) groups is 1. The molecule has 2 atom stereocenters. The second-order valence-electron chi connectivity index (χ2n) is 5.88. The Hall–Kier alpha value is -1.46. The van der Waals surface area contributed by atoms with Gasteiger partial charge in [-0.05, 0) is 25.3 Å². The Morgan fingerprint density at radius 2 is 2.15 bits per heavy atom. The van der Waals surface area contributed by atoms with Gasteiger partial charge in [0, 0.05) is 12.2 Å². The third-order valence-electron chi connectivity index (χ3n) is 4.58. The summed E-state index contributed by atoms with van der Waals surface area (Å²) < 4.78 is 19.5. The van der Waals surface area contributed by atoms with Crippen LogP contribution in [0.1, 0.15) is 31.0 Å². The van der Waals surface area contributed by atoms with Gasteiger partial charge in [0.25, 0.3) is 0 Å². The Morgan fingerprint density at radius 3 is 2.80 bits per heavy atom. The lowest BCUT2D eigenvalue weighted by molar-refractivity contribution is -0.133. The molecule has 2 aliphatic heterocycles. The highest BCUT2D eigenvalue weighted by molar-refractivity contribution is 5.92. The first kappa shape index (κ1) is 12.3. The number of carbonyl (C=O) groups excluding carboxylic acids is 1. The van der Waals surface area contributed by atoms with Crippen LogP contribution in [0, 0.1) is 5.82 Å². The van der Waals surface area contributed by atoms with Gasteiger partial charge in [-0.2, -0.15) is 0 Å². The number of benzene rings is 1. The Morgan fingerprint density at radius 1 is 1.35 bits per heavy atom. The molecule has 1 aliphatic carbocycles. The second-order valence-corrected chi connectivity index (χ2v) is 5.88. The molecule has 106 valence electrons. The molecule has 1 saturated carbocycles. The summed E-state index contributed by atoms with van der Waals surface area (Å²) in [6, 6.07) is 6.74. The normalized spacial score (nSPS) is 31.2. The smallest absolute Gasteiger partial charge is 0.244 e. The van der Waals surface area contributed by atoms with E-state index in [-0.39, 0.29) is 23.9 Å². The first-order valence-electron chi connectivity index (χ1n) is 7.14. The summed E-state index contributed by atoms with van der Waals surface area (Å²) in [7, 11) is 0. The van der Waals surface area contributed by atoms with Crippen LogP contribution in [-0.4, -0.2) is 35.6 Å². The average molecular weight is 276 g/mol. The van der Waals surface area contributed by atoms with Crippen molar-refractivity contribution in [2.24, 2.45) is 0 Å². The van der Waals surface area contributed by atoms with Crippen molar-refractivity contribution in [2.75, 3.05) is 13.2 Å². The van der Waals surface area contributed by atoms with Crippen molar-refractivity contribution in [3.05, 3.63) is 35.6 Å². The highest BCUT2D eigenvalue weighted by atomic mass is 19.1. The van der Waals surface area contributed by atoms with Crippen molar-refractivity contribution in [1.82, 2.24) is 10.2 Å². The summed E-state index contributed by atoms with van der Waals surface area (Å²) >= 11 is 0. The lowest BCUT2D eigenvalue weighted by Crippen LogP contribution is -2.41. The highest BCUT2D eigenvalue weighted by Crippen LogP contribution is 2.47. The van der Waals surface area contributed by atoms with E-state index >= 15 is 0 Å². The fourth-order valence-corrected chi connectivity index (χ4v) is 3.28. The quantitative estimate of drug-likeness (QED) is 0.891. The van der Waals surface area contributed by atoms with Crippen LogP contribution in [0.2, 0.25) is 0 Å². The maximum Gasteiger partial charge on any atom is 0.244 e. The molecule has 1 amide bonds. The van der Waals surface area contributed by atoms with Gasteiger partial charge in [0.2, 0.25) is 5.91 Å². The molecule has 3 fully saturated rings. The van der Waals surface area contributed by atoms with Gasteiger partial charge in [0.1, 0.15) is 17.5 Å². The maximum atomic E-state index is 14.1. The van der Waals surface area contributed by atoms with Crippen LogP contribution in [0.25, 0.3) is 0 Å². The van der Waals surface area contributed by atoms with E-state index in [9.17, 15) is 9.18 Å². The summed E-state index contributed by atoms with van der Waals surface area (Å²) in [4.78, 5) is 14.5. The van der Waals surface area contributed by atoms with Crippen LogP contribution in [0.15, 0.2) is 24.3 Å². The maximum absolute atomic E-state index is 14.1. The molecule has 0 aromatic heterocycles. The molecule has 2 heterocycles. The van der Waals surface area contributed by atoms with Gasteiger partial charge in [-0.1, -0.05) is 18.2 Å². The molecule has 3 aliphatic rings. The Bertz CT molecular complexity index is 553. The average Bonchev–Trinajstić information content (AvgIpc) is 2.91. The lowest BCUT2D eigenvalue weighted by atomic mass is 10.1. The zero-order chi connectivity index (χ0) is 13.7. The van der Waals surface area contributed by atoms with Crippen molar-refractivity contribution in [2.45, 2.75) is 37.0 Å². The van der Waals surface area contributed by atoms with Gasteiger partial charge in [-0.15, -0.1) is 0 Å². The summed E-state index contributed by atoms with van der Waals surface area (Å²) in [5.74, 6) is -0.152. The number of halogens is 1. The van der Waals surface area contributed by atoms with E-state index in [1.165, 1.54) is 6.07 Å². The van der Waals surface area contributed by atoms with Crippen molar-refractivity contribution < 1.29 is 13.9 Å². The summed E-state index contributed by atoms with van der Waals surface area (Å²) in [5.41, 5.74) is 0.117. The van der Waals surface area contributed by atoms with Crippen LogP contribution in [-0.2, 0) is 9.53 Å². The number of nitrogens with zero attached hydrogens (tertiary/aromatic N) is 1. The summed E-state index contributed by atoms with van der Waals surface area (Å²) in [6.45, 7) is 1.22. The molecule has 4 nitrogen and oxygen atoms in total. The molecular weight excluding hydrogens is 259 g/mol. The van der Waals surface area contributed by atoms with E-state index in [1.54, 1.807) is 12.1 Å². The van der Waals surface area contributed by atoms with E-state index < -0.39 is 5.54 Å². The predicted molar refractivity (Wildman–Crippen MR) is 70.3 cm³/mol. The first-order chi connectivity index (χ1) is 9.71. The largest absolute Gasteiger partial charge is 0.379 e. The molecule has 2 saturated heterocycles. The van der Waals surface area contributed by atoms with Crippen LogP contribution < -0.4 is 5.32 Å². The van der Waals surface area contributed by atoms with Crippen molar-refractivity contribution in [1.29, 1.82) is 0 Å². The Labute approximate surface area is 116 Å². The number of ether oxygens (including phenoxy) is 1. The van der Waals surface area contributed by atoms with Crippen LogP contribution >= 0.6 is 0 Å². The first-order valence-corrected chi connectivity index (χ1v) is 7.14. The third-order valence-corrected chi connectivity index (χ3v) is 4.58. The van der Waals surface area contributed by atoms with Gasteiger partial charge >= 0.3 is 0 Å². The number of hydrogen-bond donors (Lipinski definition) is 1. The molecule has 0 radical (unpaired) electrons. The van der Waals surface area contributed by atoms with Gasteiger partial charge in [-0.25, -0.2) is 4.39 Å². The molecular formula is C15H17FN2O2. The molecule has 0 bridgehead atoms. The van der Waals surface area contributed by atoms with Gasteiger partial charge in [0.05, 0.1) is 12.6 Å². The lowest BCUT2D eigenvalue weighted by Gasteiger charge is -2.29. The minimum Gasteiger partial charge on any atom is -0.379 e. The number of amides is 1. The topological polar surface area (TPSA) is 41.6 Å². The Balaban J connectivity index is 1.73. The zero-order valence-corrected chi connectivity index (χ0v) is 11.1. The van der Waals surface area contributed by atoms with Gasteiger partial charge in [0.15, 0.2) is 0 Å². The van der Waals surface area contributed by atoms with Crippen LogP contribution in [0.4, 0.5) is 4.39 Å². The highest BCUT2D eigenvalue weighted by Gasteiger charge is 2.61. The van der Waals surface area contributed by atoms with E-state index in [4.69, 9.17) is 4.74 Å². The minimum atomic E-state index is -0.435. The molecule has 1 aromatic carbocycles. The molecule has 4 rings (SSSR count). The molecule has 1 N–H and O–H groups in total. The van der Waals surface area contributed by atoms with Crippen molar-refractivity contribution >= 4 is 5.91 Å². The molecule has 1 spiro atoms. The SMILES string of the molecule is O=C1N(C2CCOC2)C(c2ccccc2F)NC12CC2. The minimum absolute atomic E-state index is 0.0552. The van der Waals surface area contributed by atoms with E-state index in [2.05, 4.69) is 5.32 Å². The van der Waals surface area contributed by atoms with Crippen molar-refractivity contribution in [3.8, 4) is 0 Å². The number of rotatable bonds is 2. The zero-order valence-electron chi connectivity index (χ0n) is 11.1. The fourth-order valence-electron chi connectivity index (χ4n) is 3.28. The molecule has 2 unspecified atom stereocenters. The molecule has 5 heteroatoms. The summed E-state index contributed by atoms with van der Waals surface area (Å²) in [5, 5.41) is 3.36. The van der Waals surface area contributed by atoms with Crippen LogP contribution in [0.3, 0.4) is 0 Å². The van der Waals surface area contributed by atoms with E-state index in [0.29, 0.717) is 18.8 Å². The fraction of sp³-hybridized carbons (Fsp3) is 0.533. The van der Waals surface area contributed by atoms with Gasteiger partial charge < -0.3 is 9.64 Å². The molecule has 1 aromatic rings. The van der Waals surface area contributed by atoms with E-state index in [1.807, 2.05) is 11.0 Å². The summed E-state index contributed by atoms with van der Waals surface area (Å²) in [6.07, 6.45) is 2.16. The van der Waals surface area contributed by atoms with E-state index in [0.717, 1.165) is 19.3 Å². The standard InChI is InChI=1S/C15H17FN2O2/c16-12-4-2-1-3-11(12)13-17-15(6-7-15)14(19)18(13)10-5-8-20-9-10/h1-4,10,13,17H,5-9H2. The van der Waals surface area contributed by atoms with Gasteiger partial charge in [-0.3, -0.25) is 10.1 Å². The predicted octanol–water partition coefficient (Wildman–Crippen LogP) is 1.58. The van der Waals surface area contributed by atoms with Crippen molar-refractivity contribution in [3.63, 3.8) is 0 Å². The molecule has 20 heavy (non-hydrogen) atoms. The third kappa shape index (κ3) is 1.70. The number of nitrogens with one attached hydrogen (secondary N) is 1. The van der Waals surface area contributed by atoms with Crippen LogP contribution in [0.5, 0.6) is 0 Å². The Kier molecular flexibility index (Phi) is 2.62. The number of hydrogen-bond acceptors (Lipinski definition) is 3. The second kappa shape index (κ2) is 4.27. The monoisotopic (exact) mass is 276 g/mol.